The first-order valence-electron chi connectivity index (χ1n) is 9.29. The van der Waals surface area contributed by atoms with Gasteiger partial charge in [-0.15, -0.1) is 0 Å². The first-order chi connectivity index (χ1) is 13.8. The standard InChI is InChI=1S/C23H24N2O3S/c1-16-7-6-10-21(13-16)25-29(27,28)22-14-19(12-11-18(22)3)23(26)24-15-20-9-5-4-8-17(20)2/h4-14,25H,15H2,1-3H3,(H,24,26). The van der Waals surface area contributed by atoms with Crippen molar-refractivity contribution in [1.82, 2.24) is 5.32 Å². The number of anilines is 1. The number of sulfonamides is 1. The quantitative estimate of drug-likeness (QED) is 0.637. The summed E-state index contributed by atoms with van der Waals surface area (Å²) in [4.78, 5) is 12.7. The Morgan fingerprint density at radius 2 is 1.62 bits per heavy atom. The van der Waals surface area contributed by atoms with Crippen LogP contribution in [0.2, 0.25) is 0 Å². The third kappa shape index (κ3) is 5.03. The maximum absolute atomic E-state index is 12.9. The molecule has 3 rings (SSSR count). The van der Waals surface area contributed by atoms with Gasteiger partial charge in [-0.25, -0.2) is 8.42 Å². The van der Waals surface area contributed by atoms with E-state index < -0.39 is 10.0 Å². The molecule has 0 aliphatic rings. The van der Waals surface area contributed by atoms with Crippen LogP contribution in [0.15, 0.2) is 71.6 Å². The van der Waals surface area contributed by atoms with E-state index in [0.29, 0.717) is 23.4 Å². The van der Waals surface area contributed by atoms with Crippen LogP contribution in [0, 0.1) is 20.8 Å². The Morgan fingerprint density at radius 1 is 0.862 bits per heavy atom. The number of nitrogens with one attached hydrogen (secondary N) is 2. The molecule has 0 unspecified atom stereocenters. The topological polar surface area (TPSA) is 75.3 Å². The predicted molar refractivity (Wildman–Crippen MR) is 116 cm³/mol. The Morgan fingerprint density at radius 3 is 2.34 bits per heavy atom. The number of hydrogen-bond acceptors (Lipinski definition) is 3. The molecule has 0 saturated carbocycles. The van der Waals surface area contributed by atoms with Crippen LogP contribution < -0.4 is 10.0 Å². The number of hydrogen-bond donors (Lipinski definition) is 2. The average Bonchev–Trinajstić information content (AvgIpc) is 2.67. The second-order valence-electron chi connectivity index (χ2n) is 7.06. The lowest BCUT2D eigenvalue weighted by molar-refractivity contribution is 0.0950. The lowest BCUT2D eigenvalue weighted by Crippen LogP contribution is -2.24. The van der Waals surface area contributed by atoms with Crippen molar-refractivity contribution in [3.8, 4) is 0 Å². The van der Waals surface area contributed by atoms with Crippen molar-refractivity contribution in [2.75, 3.05) is 4.72 Å². The minimum Gasteiger partial charge on any atom is -0.348 e. The van der Waals surface area contributed by atoms with Crippen molar-refractivity contribution in [1.29, 1.82) is 0 Å². The van der Waals surface area contributed by atoms with Crippen molar-refractivity contribution in [3.05, 3.63) is 94.5 Å². The molecule has 0 fully saturated rings. The molecule has 0 spiro atoms. The van der Waals surface area contributed by atoms with Gasteiger partial charge in [0.25, 0.3) is 15.9 Å². The Hall–Kier alpha value is -3.12. The fourth-order valence-electron chi connectivity index (χ4n) is 3.04. The van der Waals surface area contributed by atoms with E-state index in [9.17, 15) is 13.2 Å². The predicted octanol–water partition coefficient (Wildman–Crippen LogP) is 4.34. The van der Waals surface area contributed by atoms with Gasteiger partial charge in [-0.2, -0.15) is 0 Å². The SMILES string of the molecule is Cc1cccc(NS(=O)(=O)c2cc(C(=O)NCc3ccccc3C)ccc2C)c1. The van der Waals surface area contributed by atoms with Crippen LogP contribution >= 0.6 is 0 Å². The zero-order valence-electron chi connectivity index (χ0n) is 16.7. The highest BCUT2D eigenvalue weighted by Crippen LogP contribution is 2.21. The van der Waals surface area contributed by atoms with Gasteiger partial charge < -0.3 is 5.32 Å². The van der Waals surface area contributed by atoms with Gasteiger partial charge in [0.2, 0.25) is 0 Å². The lowest BCUT2D eigenvalue weighted by atomic mass is 10.1. The maximum Gasteiger partial charge on any atom is 0.262 e. The molecule has 3 aromatic carbocycles. The van der Waals surface area contributed by atoms with Gasteiger partial charge in [-0.05, 0) is 67.3 Å². The maximum atomic E-state index is 12.9. The van der Waals surface area contributed by atoms with Gasteiger partial charge >= 0.3 is 0 Å². The van der Waals surface area contributed by atoms with E-state index in [1.807, 2.05) is 44.2 Å². The highest BCUT2D eigenvalue weighted by molar-refractivity contribution is 7.92. The number of carbonyl (C=O) groups excluding carboxylic acids is 1. The van der Waals surface area contributed by atoms with Gasteiger partial charge in [-0.1, -0.05) is 42.5 Å². The van der Waals surface area contributed by atoms with E-state index in [0.717, 1.165) is 16.7 Å². The molecule has 0 bridgehead atoms. The number of benzene rings is 3. The highest BCUT2D eigenvalue weighted by atomic mass is 32.2. The second kappa shape index (κ2) is 8.49. The second-order valence-corrected chi connectivity index (χ2v) is 8.72. The van der Waals surface area contributed by atoms with Crippen molar-refractivity contribution >= 4 is 21.6 Å². The molecule has 0 radical (unpaired) electrons. The van der Waals surface area contributed by atoms with Crippen LogP contribution in [0.5, 0.6) is 0 Å². The molecule has 2 N–H and O–H groups in total. The molecule has 5 nitrogen and oxygen atoms in total. The normalized spacial score (nSPS) is 11.1. The molecule has 1 amide bonds. The van der Waals surface area contributed by atoms with Gasteiger partial charge in [0.1, 0.15) is 0 Å². The summed E-state index contributed by atoms with van der Waals surface area (Å²) in [7, 11) is -3.82. The summed E-state index contributed by atoms with van der Waals surface area (Å²) in [6.45, 7) is 5.96. The molecule has 29 heavy (non-hydrogen) atoms. The summed E-state index contributed by atoms with van der Waals surface area (Å²) < 4.78 is 28.4. The van der Waals surface area contributed by atoms with Crippen LogP contribution in [-0.2, 0) is 16.6 Å². The number of amides is 1. The number of carbonyl (C=O) groups is 1. The first kappa shape index (κ1) is 20.6. The van der Waals surface area contributed by atoms with E-state index in [2.05, 4.69) is 10.0 Å². The summed E-state index contributed by atoms with van der Waals surface area (Å²) in [5.41, 5.74) is 4.41. The Balaban J connectivity index is 1.81. The molecule has 0 saturated heterocycles. The minimum atomic E-state index is -3.82. The van der Waals surface area contributed by atoms with Crippen molar-refractivity contribution < 1.29 is 13.2 Å². The van der Waals surface area contributed by atoms with Crippen LogP contribution in [0.3, 0.4) is 0 Å². The highest BCUT2D eigenvalue weighted by Gasteiger charge is 2.19. The van der Waals surface area contributed by atoms with E-state index in [1.54, 1.807) is 37.3 Å². The lowest BCUT2D eigenvalue weighted by Gasteiger charge is -2.13. The van der Waals surface area contributed by atoms with Crippen LogP contribution in [0.25, 0.3) is 0 Å². The van der Waals surface area contributed by atoms with Crippen LogP contribution in [0.4, 0.5) is 5.69 Å². The fraction of sp³-hybridized carbons (Fsp3) is 0.174. The molecule has 0 aromatic heterocycles. The van der Waals surface area contributed by atoms with Gasteiger partial charge in [0.05, 0.1) is 4.90 Å². The Kier molecular flexibility index (Phi) is 6.03. The zero-order valence-corrected chi connectivity index (χ0v) is 17.5. The molecule has 150 valence electrons. The molecular formula is C23H24N2O3S. The summed E-state index contributed by atoms with van der Waals surface area (Å²) >= 11 is 0. The summed E-state index contributed by atoms with van der Waals surface area (Å²) in [6, 6.07) is 19.6. The monoisotopic (exact) mass is 408 g/mol. The van der Waals surface area contributed by atoms with Gasteiger partial charge in [0, 0.05) is 17.8 Å². The Bertz CT molecular complexity index is 1150. The van der Waals surface area contributed by atoms with Crippen molar-refractivity contribution in [3.63, 3.8) is 0 Å². The first-order valence-corrected chi connectivity index (χ1v) is 10.8. The van der Waals surface area contributed by atoms with Gasteiger partial charge in [0.15, 0.2) is 0 Å². The van der Waals surface area contributed by atoms with E-state index in [-0.39, 0.29) is 10.8 Å². The molecule has 0 atom stereocenters. The number of rotatable bonds is 6. The zero-order chi connectivity index (χ0) is 21.0. The van der Waals surface area contributed by atoms with Gasteiger partial charge in [-0.3, -0.25) is 9.52 Å². The van der Waals surface area contributed by atoms with Crippen LogP contribution in [-0.4, -0.2) is 14.3 Å². The minimum absolute atomic E-state index is 0.0857. The molecule has 6 heteroatoms. The summed E-state index contributed by atoms with van der Waals surface area (Å²) in [5, 5.41) is 2.86. The molecule has 0 aliphatic heterocycles. The smallest absolute Gasteiger partial charge is 0.262 e. The third-order valence-corrected chi connectivity index (χ3v) is 6.23. The van der Waals surface area contributed by atoms with E-state index in [1.165, 1.54) is 6.07 Å². The third-order valence-electron chi connectivity index (χ3n) is 4.71. The van der Waals surface area contributed by atoms with E-state index >= 15 is 0 Å². The largest absolute Gasteiger partial charge is 0.348 e. The Labute approximate surface area is 171 Å². The molecule has 0 heterocycles. The van der Waals surface area contributed by atoms with Crippen molar-refractivity contribution in [2.45, 2.75) is 32.2 Å². The molecule has 0 aliphatic carbocycles. The van der Waals surface area contributed by atoms with Crippen LogP contribution in [0.1, 0.15) is 32.6 Å². The summed E-state index contributed by atoms with van der Waals surface area (Å²) in [6.07, 6.45) is 0. The molecular weight excluding hydrogens is 384 g/mol. The average molecular weight is 409 g/mol. The summed E-state index contributed by atoms with van der Waals surface area (Å²) in [5.74, 6) is -0.319. The number of aryl methyl sites for hydroxylation is 3. The van der Waals surface area contributed by atoms with E-state index in [4.69, 9.17) is 0 Å². The molecule has 3 aromatic rings. The fourth-order valence-corrected chi connectivity index (χ4v) is 4.36. The van der Waals surface area contributed by atoms with Crippen molar-refractivity contribution in [2.24, 2.45) is 0 Å².